The SMILES string of the molecule is C[C@@H]1C(OCc2ccccc2)[C@H](OC(=Nc2ccccc2)C(F)(F)F)OC(COCSSCN=[N+]=[N-])[C@@H]1OCc1ccccc1. The van der Waals surface area contributed by atoms with Crippen LogP contribution in [0.25, 0.3) is 10.4 Å². The van der Waals surface area contributed by atoms with Crippen LogP contribution in [0.4, 0.5) is 18.9 Å². The Labute approximate surface area is 267 Å². The maximum atomic E-state index is 14.3. The number of ether oxygens (including phenoxy) is 5. The van der Waals surface area contributed by atoms with Crippen molar-refractivity contribution >= 4 is 33.2 Å². The highest BCUT2D eigenvalue weighted by molar-refractivity contribution is 8.76. The van der Waals surface area contributed by atoms with E-state index < -0.39 is 42.6 Å². The van der Waals surface area contributed by atoms with E-state index >= 15 is 0 Å². The molecule has 5 atom stereocenters. The molecule has 0 amide bonds. The van der Waals surface area contributed by atoms with Gasteiger partial charge >= 0.3 is 6.18 Å². The number of halogens is 3. The summed E-state index contributed by atoms with van der Waals surface area (Å²) in [7, 11) is 2.63. The molecule has 0 aliphatic carbocycles. The molecule has 0 bridgehead atoms. The first-order valence-corrected chi connectivity index (χ1v) is 16.5. The molecule has 45 heavy (non-hydrogen) atoms. The molecule has 0 N–H and O–H groups in total. The van der Waals surface area contributed by atoms with Crippen LogP contribution >= 0.6 is 21.6 Å². The van der Waals surface area contributed by atoms with E-state index in [9.17, 15) is 13.2 Å². The van der Waals surface area contributed by atoms with Gasteiger partial charge in [0, 0.05) is 10.8 Å². The zero-order valence-corrected chi connectivity index (χ0v) is 26.0. The van der Waals surface area contributed by atoms with Crippen molar-refractivity contribution in [3.63, 3.8) is 0 Å². The third-order valence-corrected chi connectivity index (χ3v) is 8.43. The van der Waals surface area contributed by atoms with Gasteiger partial charge in [0.2, 0.25) is 6.29 Å². The molecule has 14 heteroatoms. The fourth-order valence-corrected chi connectivity index (χ4v) is 5.74. The summed E-state index contributed by atoms with van der Waals surface area (Å²) in [6, 6.07) is 26.6. The van der Waals surface area contributed by atoms with E-state index in [-0.39, 0.29) is 37.3 Å². The van der Waals surface area contributed by atoms with Gasteiger partial charge in [0.25, 0.3) is 5.90 Å². The second kappa shape index (κ2) is 18.1. The average molecular weight is 663 g/mol. The highest BCUT2D eigenvalue weighted by Gasteiger charge is 2.49. The van der Waals surface area contributed by atoms with Crippen molar-refractivity contribution in [1.29, 1.82) is 0 Å². The highest BCUT2D eigenvalue weighted by Crippen LogP contribution is 2.35. The maximum Gasteiger partial charge on any atom is 0.468 e. The van der Waals surface area contributed by atoms with Crippen molar-refractivity contribution in [2.24, 2.45) is 16.0 Å². The fourth-order valence-electron chi connectivity index (χ4n) is 4.56. The van der Waals surface area contributed by atoms with Crippen LogP contribution in [0, 0.1) is 5.92 Å². The highest BCUT2D eigenvalue weighted by atomic mass is 33.1. The molecule has 2 unspecified atom stereocenters. The van der Waals surface area contributed by atoms with Crippen molar-refractivity contribution in [2.45, 2.75) is 50.9 Å². The van der Waals surface area contributed by atoms with Gasteiger partial charge in [0.15, 0.2) is 0 Å². The Morgan fingerprint density at radius 1 is 0.867 bits per heavy atom. The Hall–Kier alpha value is -3.23. The van der Waals surface area contributed by atoms with Crippen LogP contribution in [-0.4, -0.2) is 55.1 Å². The Morgan fingerprint density at radius 3 is 2.02 bits per heavy atom. The first-order valence-electron chi connectivity index (χ1n) is 14.0. The average Bonchev–Trinajstić information content (AvgIpc) is 3.04. The molecule has 1 aliphatic rings. The van der Waals surface area contributed by atoms with Gasteiger partial charge in [0.1, 0.15) is 18.1 Å². The lowest BCUT2D eigenvalue weighted by Gasteiger charge is -2.45. The number of alkyl halides is 3. The first-order chi connectivity index (χ1) is 21.8. The number of rotatable bonds is 15. The molecule has 9 nitrogen and oxygen atoms in total. The van der Waals surface area contributed by atoms with E-state index in [4.69, 9.17) is 29.2 Å². The summed E-state index contributed by atoms with van der Waals surface area (Å²) in [5, 5.41) is 3.46. The summed E-state index contributed by atoms with van der Waals surface area (Å²) in [6.07, 6.45) is -8.77. The van der Waals surface area contributed by atoms with Gasteiger partial charge in [-0.25, -0.2) is 4.99 Å². The molecule has 3 aromatic carbocycles. The third-order valence-electron chi connectivity index (χ3n) is 6.68. The molecular weight excluding hydrogens is 629 g/mol. The molecule has 0 radical (unpaired) electrons. The van der Waals surface area contributed by atoms with E-state index in [2.05, 4.69) is 15.0 Å². The van der Waals surface area contributed by atoms with E-state index in [1.165, 1.54) is 33.7 Å². The summed E-state index contributed by atoms with van der Waals surface area (Å²) >= 11 is 0. The molecule has 1 fully saturated rings. The zero-order chi connectivity index (χ0) is 31.9. The van der Waals surface area contributed by atoms with Crippen LogP contribution in [0.15, 0.2) is 101 Å². The first kappa shape index (κ1) is 34.6. The van der Waals surface area contributed by atoms with E-state index in [0.717, 1.165) is 11.1 Å². The summed E-state index contributed by atoms with van der Waals surface area (Å²) in [4.78, 5) is 6.47. The van der Waals surface area contributed by atoms with E-state index in [1.807, 2.05) is 67.6 Å². The van der Waals surface area contributed by atoms with E-state index in [1.54, 1.807) is 18.2 Å². The van der Waals surface area contributed by atoms with Crippen LogP contribution in [0.5, 0.6) is 0 Å². The van der Waals surface area contributed by atoms with Crippen molar-refractivity contribution in [3.8, 4) is 0 Å². The Kier molecular flexibility index (Phi) is 13.9. The Morgan fingerprint density at radius 2 is 1.44 bits per heavy atom. The van der Waals surface area contributed by atoms with Crippen molar-refractivity contribution < 1.29 is 36.9 Å². The summed E-state index contributed by atoms with van der Waals surface area (Å²) in [5.41, 5.74) is 10.3. The normalized spacial score (nSPS) is 22.0. The lowest BCUT2D eigenvalue weighted by atomic mass is 9.90. The predicted molar refractivity (Wildman–Crippen MR) is 169 cm³/mol. The molecule has 240 valence electrons. The van der Waals surface area contributed by atoms with Crippen LogP contribution < -0.4 is 0 Å². The van der Waals surface area contributed by atoms with Gasteiger partial charge in [0.05, 0.1) is 37.5 Å². The van der Waals surface area contributed by atoms with E-state index in [0.29, 0.717) is 0 Å². The molecule has 1 saturated heterocycles. The minimum absolute atomic E-state index is 0.00131. The van der Waals surface area contributed by atoms with Gasteiger partial charge < -0.3 is 23.7 Å². The van der Waals surface area contributed by atoms with Crippen LogP contribution in [0.2, 0.25) is 0 Å². The van der Waals surface area contributed by atoms with Gasteiger partial charge in [-0.1, -0.05) is 112 Å². The van der Waals surface area contributed by atoms with Gasteiger partial charge in [-0.3, -0.25) is 0 Å². The number of aliphatic imine (C=N–C) groups is 1. The number of benzene rings is 3. The summed E-state index contributed by atoms with van der Waals surface area (Å²) < 4.78 is 72.9. The minimum atomic E-state index is -4.90. The third kappa shape index (κ3) is 11.3. The van der Waals surface area contributed by atoms with Gasteiger partial charge in [-0.05, 0) is 28.8 Å². The second-order valence-corrected chi connectivity index (χ2v) is 12.3. The number of hydrogen-bond donors (Lipinski definition) is 0. The lowest BCUT2D eigenvalue weighted by molar-refractivity contribution is -0.292. The van der Waals surface area contributed by atoms with Crippen molar-refractivity contribution in [3.05, 3.63) is 113 Å². The molecule has 4 rings (SSSR count). The molecule has 1 heterocycles. The maximum absolute atomic E-state index is 14.3. The molecule has 3 aromatic rings. The fraction of sp³-hybridized carbons (Fsp3) is 0.387. The van der Waals surface area contributed by atoms with Crippen LogP contribution in [0.1, 0.15) is 18.1 Å². The predicted octanol–water partition coefficient (Wildman–Crippen LogP) is 8.45. The van der Waals surface area contributed by atoms with Crippen molar-refractivity contribution in [1.82, 2.24) is 0 Å². The number of nitrogens with zero attached hydrogens (tertiary/aromatic N) is 4. The topological polar surface area (TPSA) is 107 Å². The largest absolute Gasteiger partial charge is 0.468 e. The second-order valence-electron chi connectivity index (χ2n) is 9.88. The standard InChI is InChI=1S/C31H33F3N4O5S2/c1-22-27(40-17-23-11-5-2-6-12-23)26(19-39-21-45-44-20-36-38-35)42-29(28(22)41-18-24-13-7-3-8-14-24)43-30(31(32,33)34)37-25-15-9-4-10-16-25/h2-16,22,26-29H,17-21H2,1H3/t22-,26?,27+,28?,29-/m0/s1. The summed E-state index contributed by atoms with van der Waals surface area (Å²) in [6.45, 7) is 2.19. The lowest BCUT2D eigenvalue weighted by Crippen LogP contribution is -2.58. The summed E-state index contributed by atoms with van der Waals surface area (Å²) in [5.74, 6) is -1.49. The molecule has 1 aliphatic heterocycles. The molecule has 0 aromatic heterocycles. The molecule has 0 saturated carbocycles. The minimum Gasteiger partial charge on any atom is -0.441 e. The Balaban J connectivity index is 1.59. The van der Waals surface area contributed by atoms with Gasteiger partial charge in [-0.15, -0.1) is 0 Å². The number of azide groups is 1. The van der Waals surface area contributed by atoms with Gasteiger partial charge in [-0.2, -0.15) is 13.2 Å². The Bertz CT molecular complexity index is 1370. The zero-order valence-electron chi connectivity index (χ0n) is 24.4. The smallest absolute Gasteiger partial charge is 0.441 e. The number of hydrogen-bond acceptors (Lipinski definition) is 9. The quantitative estimate of drug-likeness (QED) is 0.0235. The molecule has 0 spiro atoms. The molecular formula is C31H33F3N4O5S2. The van der Waals surface area contributed by atoms with Crippen LogP contribution in [-0.2, 0) is 36.9 Å². The van der Waals surface area contributed by atoms with Crippen molar-refractivity contribution in [2.75, 3.05) is 18.4 Å². The van der Waals surface area contributed by atoms with Crippen LogP contribution in [0.3, 0.4) is 0 Å². The monoisotopic (exact) mass is 662 g/mol. The number of para-hydroxylation sites is 1.